The van der Waals surface area contributed by atoms with Crippen LogP contribution < -0.4 is 9.88 Å². The Morgan fingerprint density at radius 1 is 1.19 bits per heavy atom. The average Bonchev–Trinajstić information content (AvgIpc) is 3.30. The van der Waals surface area contributed by atoms with Crippen molar-refractivity contribution in [2.75, 3.05) is 12.3 Å². The second-order valence-electron chi connectivity index (χ2n) is 8.25. The van der Waals surface area contributed by atoms with Crippen molar-refractivity contribution in [2.45, 2.75) is 24.4 Å². The van der Waals surface area contributed by atoms with Gasteiger partial charge in [-0.2, -0.15) is 4.57 Å². The Morgan fingerprint density at radius 3 is 2.78 bits per heavy atom. The molecule has 2 aromatic heterocycles. The van der Waals surface area contributed by atoms with Crippen LogP contribution in [0.25, 0.3) is 10.9 Å². The summed E-state index contributed by atoms with van der Waals surface area (Å²) in [5.41, 5.74) is -0.145. The molecule has 0 bridgehead atoms. The molecule has 7 nitrogen and oxygen atoms in total. The topological polar surface area (TPSA) is 90.6 Å². The molecule has 0 saturated carbocycles. The fourth-order valence-corrected chi connectivity index (χ4v) is 6.64. The Morgan fingerprint density at radius 2 is 2.00 bits per heavy atom. The van der Waals surface area contributed by atoms with Crippen LogP contribution in [0.2, 0.25) is 0 Å². The normalized spacial score (nSPS) is 24.6. The first-order chi connectivity index (χ1) is 15.5. The van der Waals surface area contributed by atoms with Crippen molar-refractivity contribution in [3.63, 3.8) is 0 Å². The average molecular weight is 469 g/mol. The molecule has 0 aliphatic carbocycles. The summed E-state index contributed by atoms with van der Waals surface area (Å²) in [5.74, 6) is -0.950. The van der Waals surface area contributed by atoms with Gasteiger partial charge < -0.3 is 15.3 Å². The maximum atomic E-state index is 12.8. The Bertz CT molecular complexity index is 1190. The number of thioether (sulfide) groups is 1. The number of benzene rings is 1. The van der Waals surface area contributed by atoms with Crippen LogP contribution in [0, 0.1) is 5.41 Å². The Kier molecular flexibility index (Phi) is 5.38. The molecule has 3 atom stereocenters. The van der Waals surface area contributed by atoms with Gasteiger partial charge in [0.15, 0.2) is 18.2 Å². The summed E-state index contributed by atoms with van der Waals surface area (Å²) in [6.07, 6.45) is 2.13. The summed E-state index contributed by atoms with van der Waals surface area (Å²) in [6.45, 7) is 0.398. The first-order valence-electron chi connectivity index (χ1n) is 10.3. The molecule has 5 rings (SSSR count). The number of aliphatic carboxylic acids is 1. The molecule has 1 aromatic carbocycles. The summed E-state index contributed by atoms with van der Waals surface area (Å²) < 4.78 is 1.95. The van der Waals surface area contributed by atoms with E-state index < -0.39 is 17.4 Å². The molecular weight excluding hydrogens is 446 g/mol. The fourth-order valence-electron chi connectivity index (χ4n) is 4.40. The monoisotopic (exact) mass is 468 g/mol. The van der Waals surface area contributed by atoms with E-state index in [1.807, 2.05) is 64.7 Å². The van der Waals surface area contributed by atoms with Crippen LogP contribution in [0.5, 0.6) is 0 Å². The fraction of sp³-hybridized carbons (Fsp3) is 0.304. The Balaban J connectivity index is 1.31. The van der Waals surface area contributed by atoms with E-state index >= 15 is 0 Å². The summed E-state index contributed by atoms with van der Waals surface area (Å²) in [4.78, 5) is 40.1. The highest BCUT2D eigenvalue weighted by Crippen LogP contribution is 2.42. The van der Waals surface area contributed by atoms with Gasteiger partial charge in [0, 0.05) is 34.7 Å². The van der Waals surface area contributed by atoms with Gasteiger partial charge in [0.05, 0.1) is 6.42 Å². The number of amides is 2. The first kappa shape index (κ1) is 21.0. The van der Waals surface area contributed by atoms with Crippen LogP contribution >= 0.6 is 23.1 Å². The van der Waals surface area contributed by atoms with Crippen molar-refractivity contribution in [2.24, 2.45) is 5.41 Å². The molecule has 2 saturated heterocycles. The molecule has 0 radical (unpaired) electrons. The van der Waals surface area contributed by atoms with E-state index in [0.717, 1.165) is 15.8 Å². The highest BCUT2D eigenvalue weighted by atomic mass is 32.2. The van der Waals surface area contributed by atoms with Crippen LogP contribution in [0.1, 0.15) is 4.88 Å². The number of carbonyl (C=O) groups is 3. The summed E-state index contributed by atoms with van der Waals surface area (Å²) in [5, 5.41) is 15.7. The second-order valence-corrected chi connectivity index (χ2v) is 10.4. The molecule has 2 amide bonds. The van der Waals surface area contributed by atoms with Gasteiger partial charge in [0.1, 0.15) is 11.4 Å². The molecular formula is C23H22N3O4S2+. The standard InChI is InChI=1S/C23H21N3O4S2/c27-18(11-16-7-4-10-31-16)24-19-20(28)26-13-23(22(29)30,14-32-21(19)26)12-25-9-3-6-15-5-1-2-8-17(15)25/h1-10,19,21H,11-14H2,(H-,24,27,29,30)/p+1/t19?,21-,23?/m1/s1. The highest BCUT2D eigenvalue weighted by Gasteiger charge is 2.59. The van der Waals surface area contributed by atoms with Crippen molar-refractivity contribution >= 4 is 51.8 Å². The Labute approximate surface area is 193 Å². The molecule has 2 unspecified atom stereocenters. The number of carboxylic acid groups (broad SMARTS) is 1. The number of pyridine rings is 1. The number of thiophene rings is 1. The lowest BCUT2D eigenvalue weighted by Gasteiger charge is -2.53. The Hall–Kier alpha value is -2.91. The zero-order valence-corrected chi connectivity index (χ0v) is 18.8. The van der Waals surface area contributed by atoms with E-state index in [0.29, 0.717) is 5.75 Å². The van der Waals surface area contributed by atoms with E-state index in [-0.39, 0.29) is 36.7 Å². The quantitative estimate of drug-likeness (QED) is 0.426. The zero-order valence-electron chi connectivity index (χ0n) is 17.1. The van der Waals surface area contributed by atoms with Gasteiger partial charge in [0.2, 0.25) is 17.3 Å². The van der Waals surface area contributed by atoms with Gasteiger partial charge in [-0.05, 0) is 23.6 Å². The number of β-lactam (4-membered cyclic amide) rings is 1. The number of para-hydroxylation sites is 1. The van der Waals surface area contributed by atoms with Crippen LogP contribution in [-0.2, 0) is 27.3 Å². The second kappa shape index (κ2) is 8.22. The van der Waals surface area contributed by atoms with Crippen molar-refractivity contribution in [3.8, 4) is 0 Å². The summed E-state index contributed by atoms with van der Waals surface area (Å²) >= 11 is 2.94. The number of fused-ring (bicyclic) bond motifs is 2. The lowest BCUT2D eigenvalue weighted by molar-refractivity contribution is -0.682. The van der Waals surface area contributed by atoms with Crippen molar-refractivity contribution in [1.82, 2.24) is 10.2 Å². The molecule has 2 aliphatic heterocycles. The van der Waals surface area contributed by atoms with Crippen LogP contribution in [-0.4, -0.2) is 51.5 Å². The minimum atomic E-state index is -1.10. The smallest absolute Gasteiger partial charge is 0.318 e. The molecule has 4 heterocycles. The highest BCUT2D eigenvalue weighted by molar-refractivity contribution is 8.00. The van der Waals surface area contributed by atoms with Crippen molar-refractivity contribution < 1.29 is 24.1 Å². The SMILES string of the molecule is O=C(Cc1cccs1)NC1C(=O)N2CC(C[n+]3cccc4ccccc43)(C(=O)O)CS[C@H]12. The summed E-state index contributed by atoms with van der Waals surface area (Å²) in [7, 11) is 0. The molecule has 2 aliphatic rings. The van der Waals surface area contributed by atoms with Gasteiger partial charge >= 0.3 is 5.97 Å². The van der Waals surface area contributed by atoms with Gasteiger partial charge in [0.25, 0.3) is 0 Å². The first-order valence-corrected chi connectivity index (χ1v) is 12.2. The van der Waals surface area contributed by atoms with Crippen molar-refractivity contribution in [1.29, 1.82) is 0 Å². The lowest BCUT2D eigenvalue weighted by Crippen LogP contribution is -2.74. The molecule has 9 heteroatoms. The number of nitrogens with one attached hydrogen (secondary N) is 1. The molecule has 0 spiro atoms. The van der Waals surface area contributed by atoms with Crippen LogP contribution in [0.3, 0.4) is 0 Å². The molecule has 2 N–H and O–H groups in total. The number of aromatic nitrogens is 1. The van der Waals surface area contributed by atoms with Gasteiger partial charge in [-0.25, -0.2) is 0 Å². The van der Waals surface area contributed by atoms with E-state index in [1.165, 1.54) is 23.1 Å². The molecule has 3 aromatic rings. The predicted molar refractivity (Wildman–Crippen MR) is 122 cm³/mol. The van der Waals surface area contributed by atoms with Crippen molar-refractivity contribution in [3.05, 3.63) is 65.0 Å². The van der Waals surface area contributed by atoms with E-state index in [1.54, 1.807) is 4.90 Å². The number of rotatable bonds is 6. The zero-order chi connectivity index (χ0) is 22.3. The third-order valence-corrected chi connectivity index (χ3v) is 8.55. The maximum absolute atomic E-state index is 12.8. The molecule has 2 fully saturated rings. The van der Waals surface area contributed by atoms with E-state index in [2.05, 4.69) is 5.32 Å². The number of carbonyl (C=O) groups excluding carboxylic acids is 2. The van der Waals surface area contributed by atoms with Crippen LogP contribution in [0.15, 0.2) is 60.1 Å². The van der Waals surface area contributed by atoms with Gasteiger partial charge in [-0.15, -0.1) is 23.1 Å². The largest absolute Gasteiger partial charge is 0.481 e. The van der Waals surface area contributed by atoms with Gasteiger partial charge in [-0.3, -0.25) is 14.4 Å². The number of hydrogen-bond donors (Lipinski definition) is 2. The van der Waals surface area contributed by atoms with Gasteiger partial charge in [-0.1, -0.05) is 18.2 Å². The maximum Gasteiger partial charge on any atom is 0.318 e. The number of hydrogen-bond acceptors (Lipinski definition) is 5. The lowest BCUT2D eigenvalue weighted by atomic mass is 9.86. The molecule has 164 valence electrons. The van der Waals surface area contributed by atoms with E-state index in [4.69, 9.17) is 0 Å². The third kappa shape index (κ3) is 3.65. The van der Waals surface area contributed by atoms with E-state index in [9.17, 15) is 19.5 Å². The summed E-state index contributed by atoms with van der Waals surface area (Å²) in [6, 6.07) is 14.9. The minimum Gasteiger partial charge on any atom is -0.481 e. The number of carboxylic acids is 1. The number of nitrogens with zero attached hydrogens (tertiary/aromatic N) is 2. The van der Waals surface area contributed by atoms with Crippen LogP contribution in [0.4, 0.5) is 0 Å². The predicted octanol–water partition coefficient (Wildman–Crippen LogP) is 1.90. The third-order valence-electron chi connectivity index (χ3n) is 6.09. The minimum absolute atomic E-state index is 0.131. The molecule has 32 heavy (non-hydrogen) atoms.